The van der Waals surface area contributed by atoms with Gasteiger partial charge in [-0.25, -0.2) is 4.79 Å². The first-order chi connectivity index (χ1) is 19.0. The number of ether oxygens (including phenoxy) is 2. The average molecular weight is 526 g/mol. The van der Waals surface area contributed by atoms with Crippen molar-refractivity contribution in [3.05, 3.63) is 98.7 Å². The lowest BCUT2D eigenvalue weighted by Crippen LogP contribution is -2.38. The number of methoxy groups -OCH3 is 1. The lowest BCUT2D eigenvalue weighted by Gasteiger charge is -2.36. The standard InChI is InChI=1S/C32H31NO6/c1-18-28(32(36)39-20-9-3-4-10-20)29(23-17-38-27-14-8-6-12-22(27)31(23)35)30-24(33-18)15-19(16-25(30)34)21-11-5-7-13-26(21)37-2/h5-8,11-14,17,19-20,29,33H,3-4,9-10,15-16H2,1-2H3/t19-,29-/m0/s1. The minimum atomic E-state index is -0.873. The highest BCUT2D eigenvalue weighted by Gasteiger charge is 2.43. The Balaban J connectivity index is 1.47. The highest BCUT2D eigenvalue weighted by molar-refractivity contribution is 6.04. The third-order valence-electron chi connectivity index (χ3n) is 8.22. The van der Waals surface area contributed by atoms with Gasteiger partial charge in [0, 0.05) is 34.9 Å². The maximum absolute atomic E-state index is 13.9. The van der Waals surface area contributed by atoms with Crippen LogP contribution < -0.4 is 15.5 Å². The Bertz CT molecular complexity index is 1590. The Morgan fingerprint density at radius 2 is 1.72 bits per heavy atom. The van der Waals surface area contributed by atoms with Gasteiger partial charge in [-0.1, -0.05) is 30.3 Å². The number of para-hydroxylation sites is 2. The van der Waals surface area contributed by atoms with Crippen LogP contribution in [0.5, 0.6) is 5.75 Å². The van der Waals surface area contributed by atoms with Crippen molar-refractivity contribution in [1.29, 1.82) is 0 Å². The Kier molecular flexibility index (Phi) is 6.59. The van der Waals surface area contributed by atoms with Crippen LogP contribution in [0, 0.1) is 0 Å². The van der Waals surface area contributed by atoms with Gasteiger partial charge in [0.15, 0.2) is 11.2 Å². The number of hydrogen-bond acceptors (Lipinski definition) is 7. The van der Waals surface area contributed by atoms with Crippen LogP contribution in [0.15, 0.2) is 86.5 Å². The predicted molar refractivity (Wildman–Crippen MR) is 146 cm³/mol. The van der Waals surface area contributed by atoms with Crippen LogP contribution in [0.1, 0.15) is 68.4 Å². The van der Waals surface area contributed by atoms with Crippen molar-refractivity contribution >= 4 is 22.7 Å². The molecule has 39 heavy (non-hydrogen) atoms. The first-order valence-electron chi connectivity index (χ1n) is 13.5. The van der Waals surface area contributed by atoms with Crippen molar-refractivity contribution in [1.82, 2.24) is 5.32 Å². The fraction of sp³-hybridized carbons (Fsp3) is 0.344. The van der Waals surface area contributed by atoms with Gasteiger partial charge in [0.2, 0.25) is 0 Å². The van der Waals surface area contributed by atoms with E-state index >= 15 is 0 Å². The number of rotatable bonds is 5. The second-order valence-corrected chi connectivity index (χ2v) is 10.6. The minimum Gasteiger partial charge on any atom is -0.496 e. The first-order valence-corrected chi connectivity index (χ1v) is 13.5. The molecule has 0 radical (unpaired) electrons. The molecular weight excluding hydrogens is 494 g/mol. The van der Waals surface area contributed by atoms with Gasteiger partial charge in [0.25, 0.3) is 0 Å². The number of esters is 1. The number of Topliss-reactive ketones (excluding diaryl/α,β-unsaturated/α-hetero) is 1. The largest absolute Gasteiger partial charge is 0.496 e. The summed E-state index contributed by atoms with van der Waals surface area (Å²) in [6.07, 6.45) is 5.71. The molecule has 2 aromatic carbocycles. The molecule has 1 aromatic heterocycles. The third kappa shape index (κ3) is 4.46. The Morgan fingerprint density at radius 1 is 0.974 bits per heavy atom. The predicted octanol–water partition coefficient (Wildman–Crippen LogP) is 5.65. The van der Waals surface area contributed by atoms with E-state index in [1.54, 1.807) is 31.4 Å². The molecule has 7 nitrogen and oxygen atoms in total. The van der Waals surface area contributed by atoms with E-state index in [9.17, 15) is 14.4 Å². The van der Waals surface area contributed by atoms with Crippen molar-refractivity contribution in [2.24, 2.45) is 0 Å². The molecule has 1 aliphatic heterocycles. The number of fused-ring (bicyclic) bond motifs is 1. The lowest BCUT2D eigenvalue weighted by atomic mass is 9.71. The Morgan fingerprint density at radius 3 is 2.51 bits per heavy atom. The number of hydrogen-bond donors (Lipinski definition) is 1. The number of ketones is 1. The number of carbonyl (C=O) groups excluding carboxylic acids is 2. The summed E-state index contributed by atoms with van der Waals surface area (Å²) >= 11 is 0. The fourth-order valence-corrected chi connectivity index (χ4v) is 6.36. The molecule has 7 heteroatoms. The van der Waals surface area contributed by atoms with Crippen molar-refractivity contribution in [3.63, 3.8) is 0 Å². The number of carbonyl (C=O) groups is 2. The first kappa shape index (κ1) is 25.2. The van der Waals surface area contributed by atoms with Crippen molar-refractivity contribution in [2.45, 2.75) is 63.4 Å². The molecule has 0 bridgehead atoms. The van der Waals surface area contributed by atoms with Crippen LogP contribution in [0.3, 0.4) is 0 Å². The molecule has 3 aromatic rings. The summed E-state index contributed by atoms with van der Waals surface area (Å²) in [7, 11) is 1.62. The summed E-state index contributed by atoms with van der Waals surface area (Å²) < 4.78 is 17.4. The number of dihydropyridines is 1. The molecule has 2 heterocycles. The average Bonchev–Trinajstić information content (AvgIpc) is 3.45. The molecule has 0 spiro atoms. The van der Waals surface area contributed by atoms with Gasteiger partial charge in [-0.2, -0.15) is 0 Å². The second-order valence-electron chi connectivity index (χ2n) is 10.6. The quantitative estimate of drug-likeness (QED) is 0.430. The van der Waals surface area contributed by atoms with E-state index in [2.05, 4.69) is 5.32 Å². The summed E-state index contributed by atoms with van der Waals surface area (Å²) in [5, 5.41) is 3.77. The number of nitrogens with one attached hydrogen (secondary N) is 1. The summed E-state index contributed by atoms with van der Waals surface area (Å²) in [6.45, 7) is 1.81. The molecular formula is C32H31NO6. The highest BCUT2D eigenvalue weighted by Crippen LogP contribution is 2.46. The van der Waals surface area contributed by atoms with E-state index in [1.165, 1.54) is 6.26 Å². The van der Waals surface area contributed by atoms with Crippen molar-refractivity contribution < 1.29 is 23.5 Å². The van der Waals surface area contributed by atoms with Gasteiger partial charge < -0.3 is 19.2 Å². The molecule has 1 N–H and O–H groups in total. The van der Waals surface area contributed by atoms with Gasteiger partial charge in [-0.15, -0.1) is 0 Å². The van der Waals surface area contributed by atoms with Gasteiger partial charge in [-0.3, -0.25) is 9.59 Å². The molecule has 2 aliphatic carbocycles. The summed E-state index contributed by atoms with van der Waals surface area (Å²) in [6, 6.07) is 14.7. The smallest absolute Gasteiger partial charge is 0.337 e. The monoisotopic (exact) mass is 525 g/mol. The Labute approximate surface area is 226 Å². The SMILES string of the molecule is COc1ccccc1[C@@H]1CC(=O)C2=C(C1)NC(C)=C(C(=O)OC1CCCC1)[C@@H]2c1coc2ccccc2c1=O. The molecule has 2 atom stereocenters. The van der Waals surface area contributed by atoms with E-state index in [4.69, 9.17) is 13.9 Å². The molecule has 3 aliphatic rings. The summed E-state index contributed by atoms with van der Waals surface area (Å²) in [5.74, 6) is -0.850. The fourth-order valence-electron chi connectivity index (χ4n) is 6.36. The zero-order chi connectivity index (χ0) is 27.1. The van der Waals surface area contributed by atoms with Gasteiger partial charge in [0.1, 0.15) is 17.4 Å². The van der Waals surface area contributed by atoms with Crippen molar-refractivity contribution in [3.8, 4) is 5.75 Å². The normalized spacial score (nSPS) is 21.6. The van der Waals surface area contributed by atoms with Crippen LogP contribution in [0.25, 0.3) is 11.0 Å². The number of allylic oxidation sites excluding steroid dienone is 3. The van der Waals surface area contributed by atoms with Crippen LogP contribution in [0.4, 0.5) is 0 Å². The summed E-state index contributed by atoms with van der Waals surface area (Å²) in [4.78, 5) is 41.4. The lowest BCUT2D eigenvalue weighted by molar-refractivity contribution is -0.144. The van der Waals surface area contributed by atoms with E-state index in [1.807, 2.05) is 31.2 Å². The Hall–Kier alpha value is -4.13. The van der Waals surface area contributed by atoms with E-state index in [0.717, 1.165) is 42.7 Å². The highest BCUT2D eigenvalue weighted by atomic mass is 16.5. The van der Waals surface area contributed by atoms with Gasteiger partial charge in [-0.05, 0) is 62.8 Å². The maximum Gasteiger partial charge on any atom is 0.337 e. The van der Waals surface area contributed by atoms with E-state index in [-0.39, 0.29) is 35.2 Å². The minimum absolute atomic E-state index is 0.103. The van der Waals surface area contributed by atoms with Crippen LogP contribution in [-0.4, -0.2) is 25.0 Å². The molecule has 1 saturated carbocycles. The molecule has 6 rings (SSSR count). The molecule has 1 fully saturated rings. The topological polar surface area (TPSA) is 94.8 Å². The second kappa shape index (κ2) is 10.2. The molecule has 0 amide bonds. The third-order valence-corrected chi connectivity index (χ3v) is 8.22. The van der Waals surface area contributed by atoms with E-state index in [0.29, 0.717) is 34.2 Å². The zero-order valence-corrected chi connectivity index (χ0v) is 22.1. The van der Waals surface area contributed by atoms with Gasteiger partial charge >= 0.3 is 5.97 Å². The molecule has 200 valence electrons. The zero-order valence-electron chi connectivity index (χ0n) is 22.1. The summed E-state index contributed by atoms with van der Waals surface area (Å²) in [5.41, 5.74) is 3.46. The molecule has 0 unspecified atom stereocenters. The van der Waals surface area contributed by atoms with Crippen LogP contribution >= 0.6 is 0 Å². The van der Waals surface area contributed by atoms with Gasteiger partial charge in [0.05, 0.1) is 30.3 Å². The van der Waals surface area contributed by atoms with E-state index < -0.39 is 11.9 Å². The van der Waals surface area contributed by atoms with Crippen LogP contribution in [0.2, 0.25) is 0 Å². The molecule has 0 saturated heterocycles. The van der Waals surface area contributed by atoms with Crippen LogP contribution in [-0.2, 0) is 14.3 Å². The van der Waals surface area contributed by atoms with Crippen molar-refractivity contribution in [2.75, 3.05) is 7.11 Å². The number of benzene rings is 2. The maximum atomic E-state index is 13.9.